The zero-order valence-corrected chi connectivity index (χ0v) is 22.6. The van der Waals surface area contributed by atoms with Crippen molar-refractivity contribution in [1.82, 2.24) is 14.8 Å². The summed E-state index contributed by atoms with van der Waals surface area (Å²) >= 11 is 6.34. The number of hydrazone groups is 1. The first-order valence-corrected chi connectivity index (χ1v) is 13.5. The van der Waals surface area contributed by atoms with Gasteiger partial charge in [0.15, 0.2) is 0 Å². The average molecular weight is 567 g/mol. The normalized spacial score (nSPS) is 17.5. The minimum Gasteiger partial charge on any atom is -0.379 e. The Kier molecular flexibility index (Phi) is 8.84. The maximum atomic E-state index is 14.7. The zero-order chi connectivity index (χ0) is 28.1. The van der Waals surface area contributed by atoms with E-state index in [0.717, 1.165) is 13.1 Å². The van der Waals surface area contributed by atoms with Crippen LogP contribution in [0.4, 0.5) is 8.78 Å². The molecule has 0 aliphatic carbocycles. The van der Waals surface area contributed by atoms with E-state index >= 15 is 0 Å². The molecular formula is C30H29ClF2N4O3. The lowest BCUT2D eigenvalue weighted by atomic mass is 9.98. The van der Waals surface area contributed by atoms with Crippen molar-refractivity contribution in [2.24, 2.45) is 5.10 Å². The molecule has 10 heteroatoms. The third kappa shape index (κ3) is 6.38. The van der Waals surface area contributed by atoms with Crippen LogP contribution in [0.5, 0.6) is 0 Å². The fourth-order valence-corrected chi connectivity index (χ4v) is 5.14. The lowest BCUT2D eigenvalue weighted by molar-refractivity contribution is -0.133. The Morgan fingerprint density at radius 2 is 1.68 bits per heavy atom. The minimum atomic E-state index is -0.584. The first-order chi connectivity index (χ1) is 19.4. The summed E-state index contributed by atoms with van der Waals surface area (Å²) in [6, 6.07) is 18.2. The molecule has 1 fully saturated rings. The van der Waals surface area contributed by atoms with Gasteiger partial charge in [0, 0.05) is 38.2 Å². The van der Waals surface area contributed by atoms with Gasteiger partial charge in [0.2, 0.25) is 0 Å². The second kappa shape index (κ2) is 12.7. The molecule has 0 bridgehead atoms. The van der Waals surface area contributed by atoms with Gasteiger partial charge in [0.1, 0.15) is 18.2 Å². The summed E-state index contributed by atoms with van der Waals surface area (Å²) < 4.78 is 33.8. The summed E-state index contributed by atoms with van der Waals surface area (Å²) in [5.41, 5.74) is 1.65. The van der Waals surface area contributed by atoms with Gasteiger partial charge < -0.3 is 9.64 Å². The fraction of sp³-hybridized carbons (Fsp3) is 0.300. The number of nitrogens with zero attached hydrogens (tertiary/aromatic N) is 4. The van der Waals surface area contributed by atoms with Gasteiger partial charge in [0.25, 0.3) is 11.8 Å². The minimum absolute atomic E-state index is 0.241. The van der Waals surface area contributed by atoms with Crippen LogP contribution < -0.4 is 0 Å². The van der Waals surface area contributed by atoms with Crippen LogP contribution >= 0.6 is 11.6 Å². The Balaban J connectivity index is 1.43. The average Bonchev–Trinajstić information content (AvgIpc) is 3.42. The van der Waals surface area contributed by atoms with E-state index in [1.165, 1.54) is 28.1 Å². The molecule has 5 rings (SSSR count). The van der Waals surface area contributed by atoms with E-state index in [1.54, 1.807) is 54.6 Å². The Labute approximate surface area is 236 Å². The Morgan fingerprint density at radius 1 is 0.975 bits per heavy atom. The maximum absolute atomic E-state index is 14.7. The molecule has 1 atom stereocenters. The van der Waals surface area contributed by atoms with Gasteiger partial charge >= 0.3 is 0 Å². The van der Waals surface area contributed by atoms with E-state index in [0.29, 0.717) is 47.2 Å². The predicted octanol–water partition coefficient (Wildman–Crippen LogP) is 4.77. The summed E-state index contributed by atoms with van der Waals surface area (Å²) in [5.74, 6) is -1.67. The fourth-order valence-electron chi connectivity index (χ4n) is 4.92. The van der Waals surface area contributed by atoms with Gasteiger partial charge in [-0.05, 0) is 35.9 Å². The molecule has 0 saturated carbocycles. The van der Waals surface area contributed by atoms with Crippen LogP contribution in [0.3, 0.4) is 0 Å². The number of rotatable bonds is 8. The third-order valence-electron chi connectivity index (χ3n) is 7.11. The van der Waals surface area contributed by atoms with E-state index in [1.807, 2.05) is 0 Å². The molecule has 3 aromatic rings. The highest BCUT2D eigenvalue weighted by Gasteiger charge is 2.35. The molecule has 0 N–H and O–H groups in total. The number of morpholine rings is 1. The molecule has 0 radical (unpaired) electrons. The molecule has 0 aromatic heterocycles. The molecule has 7 nitrogen and oxygen atoms in total. The number of amides is 2. The smallest absolute Gasteiger partial charge is 0.262 e. The van der Waals surface area contributed by atoms with Gasteiger partial charge in [-0.25, -0.2) is 13.8 Å². The lowest BCUT2D eigenvalue weighted by Crippen LogP contribution is -2.46. The zero-order valence-electron chi connectivity index (χ0n) is 21.8. The molecule has 0 spiro atoms. The Morgan fingerprint density at radius 3 is 2.40 bits per heavy atom. The van der Waals surface area contributed by atoms with Crippen LogP contribution in [-0.2, 0) is 9.53 Å². The number of hydrogen-bond donors (Lipinski definition) is 0. The second-order valence-electron chi connectivity index (χ2n) is 9.70. The molecule has 1 saturated heterocycles. The SMILES string of the molecule is O=C(c1ccccc1Cl)N(CCN1CCOCC1)CC(=O)N1N=C(c2ccccc2F)C[C@@H]1c1ccc(F)cc1. The summed E-state index contributed by atoms with van der Waals surface area (Å²) in [5, 5.41) is 6.11. The number of halogens is 3. The van der Waals surface area contributed by atoms with Gasteiger partial charge in [-0.15, -0.1) is 0 Å². The molecule has 2 aliphatic rings. The summed E-state index contributed by atoms with van der Waals surface area (Å²) in [7, 11) is 0. The molecule has 40 heavy (non-hydrogen) atoms. The number of benzene rings is 3. The highest BCUT2D eigenvalue weighted by atomic mass is 35.5. The molecule has 3 aromatic carbocycles. The van der Waals surface area contributed by atoms with Gasteiger partial charge in [-0.1, -0.05) is 54.1 Å². The quantitative estimate of drug-likeness (QED) is 0.394. The van der Waals surface area contributed by atoms with Crippen LogP contribution in [0.15, 0.2) is 77.9 Å². The number of ether oxygens (including phenoxy) is 1. The number of hydrogen-bond acceptors (Lipinski definition) is 5. The van der Waals surface area contributed by atoms with Crippen molar-refractivity contribution < 1.29 is 23.1 Å². The standard InChI is InChI=1S/C30H29ClF2N4O3/c31-25-7-3-1-5-23(25)30(39)36(14-13-35-15-17-40-18-16-35)20-29(38)37-28(21-9-11-22(32)12-10-21)19-27(34-37)24-6-2-4-8-26(24)33/h1-12,28H,13-20H2/t28-/m1/s1. The summed E-state index contributed by atoms with van der Waals surface area (Å²) in [6.45, 7) is 3.26. The van der Waals surface area contributed by atoms with Crippen LogP contribution in [0, 0.1) is 11.6 Å². The van der Waals surface area contributed by atoms with Crippen LogP contribution in [-0.4, -0.2) is 78.3 Å². The van der Waals surface area contributed by atoms with E-state index in [9.17, 15) is 18.4 Å². The maximum Gasteiger partial charge on any atom is 0.262 e. The topological polar surface area (TPSA) is 65.5 Å². The molecule has 208 valence electrons. The monoisotopic (exact) mass is 566 g/mol. The van der Waals surface area contributed by atoms with Crippen LogP contribution in [0.1, 0.15) is 33.9 Å². The second-order valence-corrected chi connectivity index (χ2v) is 10.1. The molecular weight excluding hydrogens is 538 g/mol. The van der Waals surface area contributed by atoms with Crippen molar-refractivity contribution in [1.29, 1.82) is 0 Å². The Bertz CT molecular complexity index is 1400. The van der Waals surface area contributed by atoms with Crippen molar-refractivity contribution >= 4 is 29.1 Å². The molecule has 0 unspecified atom stereocenters. The van der Waals surface area contributed by atoms with Crippen LogP contribution in [0.25, 0.3) is 0 Å². The van der Waals surface area contributed by atoms with E-state index in [-0.39, 0.29) is 25.4 Å². The molecule has 2 aliphatic heterocycles. The number of carbonyl (C=O) groups excluding carboxylic acids is 2. The van der Waals surface area contributed by atoms with Crippen molar-refractivity contribution in [3.05, 3.63) is 106 Å². The lowest BCUT2D eigenvalue weighted by Gasteiger charge is -2.31. The van der Waals surface area contributed by atoms with Gasteiger partial charge in [0.05, 0.1) is 35.6 Å². The highest BCUT2D eigenvalue weighted by Crippen LogP contribution is 2.33. The highest BCUT2D eigenvalue weighted by molar-refractivity contribution is 6.33. The first-order valence-electron chi connectivity index (χ1n) is 13.1. The van der Waals surface area contributed by atoms with Crippen molar-refractivity contribution in [2.45, 2.75) is 12.5 Å². The third-order valence-corrected chi connectivity index (χ3v) is 7.44. The van der Waals surface area contributed by atoms with Crippen molar-refractivity contribution in [2.75, 3.05) is 45.9 Å². The largest absolute Gasteiger partial charge is 0.379 e. The number of carbonyl (C=O) groups is 2. The van der Waals surface area contributed by atoms with E-state index in [2.05, 4.69) is 10.0 Å². The van der Waals surface area contributed by atoms with Gasteiger partial charge in [-0.2, -0.15) is 5.10 Å². The van der Waals surface area contributed by atoms with Crippen molar-refractivity contribution in [3.63, 3.8) is 0 Å². The van der Waals surface area contributed by atoms with Crippen molar-refractivity contribution in [3.8, 4) is 0 Å². The Hall–Kier alpha value is -3.66. The van der Waals surface area contributed by atoms with E-state index in [4.69, 9.17) is 16.3 Å². The molecule has 2 heterocycles. The first kappa shape index (κ1) is 27.9. The summed E-state index contributed by atoms with van der Waals surface area (Å²) in [6.07, 6.45) is 0.241. The summed E-state index contributed by atoms with van der Waals surface area (Å²) in [4.78, 5) is 31.1. The van der Waals surface area contributed by atoms with E-state index < -0.39 is 23.6 Å². The predicted molar refractivity (Wildman–Crippen MR) is 148 cm³/mol. The van der Waals surface area contributed by atoms with Gasteiger partial charge in [-0.3, -0.25) is 14.5 Å². The van der Waals surface area contributed by atoms with Crippen LogP contribution in [0.2, 0.25) is 5.02 Å². The molecule has 2 amide bonds.